The van der Waals surface area contributed by atoms with Crippen molar-refractivity contribution in [2.75, 3.05) is 7.11 Å². The number of esters is 1. The van der Waals surface area contributed by atoms with Crippen molar-refractivity contribution in [2.45, 2.75) is 57.7 Å². The van der Waals surface area contributed by atoms with Crippen molar-refractivity contribution in [3.63, 3.8) is 0 Å². The Morgan fingerprint density at radius 1 is 1.33 bits per heavy atom. The normalized spacial score (nSPS) is 22.6. The first-order valence-corrected chi connectivity index (χ1v) is 7.56. The largest absolute Gasteiger partial charge is 0.463 e. The van der Waals surface area contributed by atoms with E-state index in [0.29, 0.717) is 12.2 Å². The summed E-state index contributed by atoms with van der Waals surface area (Å²) in [4.78, 5) is 11.8. The molecule has 0 amide bonds. The summed E-state index contributed by atoms with van der Waals surface area (Å²) in [5.41, 5.74) is 0.442. The molecule has 1 aromatic rings. The van der Waals surface area contributed by atoms with Gasteiger partial charge in [-0.25, -0.2) is 4.79 Å². The summed E-state index contributed by atoms with van der Waals surface area (Å²) in [6.45, 7) is 5.80. The van der Waals surface area contributed by atoms with Crippen molar-refractivity contribution >= 4 is 5.97 Å². The highest BCUT2D eigenvalue weighted by molar-refractivity contribution is 5.87. The topological polar surface area (TPSA) is 48.7 Å². The minimum absolute atomic E-state index is 0.126. The molecular formula is C17H24O4. The molecule has 1 aliphatic rings. The molecule has 0 bridgehead atoms. The number of furan rings is 1. The third kappa shape index (κ3) is 4.21. The molecule has 0 aromatic carbocycles. The molecule has 0 spiro atoms. The van der Waals surface area contributed by atoms with Crippen molar-refractivity contribution in [3.8, 4) is 0 Å². The molecule has 0 N–H and O–H groups in total. The lowest BCUT2D eigenvalue weighted by molar-refractivity contribution is -0.145. The van der Waals surface area contributed by atoms with E-state index < -0.39 is 0 Å². The van der Waals surface area contributed by atoms with Crippen molar-refractivity contribution < 1.29 is 18.7 Å². The van der Waals surface area contributed by atoms with Gasteiger partial charge >= 0.3 is 5.97 Å². The average molecular weight is 292 g/mol. The van der Waals surface area contributed by atoms with Crippen LogP contribution in [-0.4, -0.2) is 19.2 Å². The third-order valence-corrected chi connectivity index (χ3v) is 3.89. The molecule has 0 radical (unpaired) electrons. The van der Waals surface area contributed by atoms with Crippen LogP contribution < -0.4 is 0 Å². The minimum atomic E-state index is -0.310. The maximum absolute atomic E-state index is 11.8. The van der Waals surface area contributed by atoms with E-state index in [-0.39, 0.29) is 18.0 Å². The van der Waals surface area contributed by atoms with Crippen LogP contribution in [0.5, 0.6) is 0 Å². The van der Waals surface area contributed by atoms with Crippen molar-refractivity contribution in [1.82, 2.24) is 0 Å². The average Bonchev–Trinajstić information content (AvgIpc) is 2.78. The zero-order chi connectivity index (χ0) is 15.2. The monoisotopic (exact) mass is 292 g/mol. The molecule has 0 saturated heterocycles. The number of hydrogen-bond acceptors (Lipinski definition) is 4. The Hall–Kier alpha value is -1.55. The number of ether oxygens (including phenoxy) is 2. The Bertz CT molecular complexity index is 489. The zero-order valence-corrected chi connectivity index (χ0v) is 12.9. The minimum Gasteiger partial charge on any atom is -0.463 e. The molecule has 4 nitrogen and oxygen atoms in total. The van der Waals surface area contributed by atoms with Crippen LogP contribution >= 0.6 is 0 Å². The number of rotatable bonds is 5. The Balaban J connectivity index is 2.14. The zero-order valence-electron chi connectivity index (χ0n) is 12.9. The SMILES string of the molecule is C=C(C)C(=O)OC1CCCCCC1c1ccc(COC)o1. The van der Waals surface area contributed by atoms with E-state index in [4.69, 9.17) is 13.9 Å². The highest BCUT2D eigenvalue weighted by Gasteiger charge is 2.30. The highest BCUT2D eigenvalue weighted by atomic mass is 16.5. The van der Waals surface area contributed by atoms with Gasteiger partial charge < -0.3 is 13.9 Å². The van der Waals surface area contributed by atoms with Crippen LogP contribution in [0, 0.1) is 0 Å². The summed E-state index contributed by atoms with van der Waals surface area (Å²) < 4.78 is 16.6. The summed E-state index contributed by atoms with van der Waals surface area (Å²) in [5.74, 6) is 1.52. The smallest absolute Gasteiger partial charge is 0.333 e. The first-order valence-electron chi connectivity index (χ1n) is 7.56. The fourth-order valence-electron chi connectivity index (χ4n) is 2.79. The maximum Gasteiger partial charge on any atom is 0.333 e. The van der Waals surface area contributed by atoms with E-state index >= 15 is 0 Å². The van der Waals surface area contributed by atoms with E-state index in [9.17, 15) is 4.79 Å². The van der Waals surface area contributed by atoms with E-state index in [2.05, 4.69) is 6.58 Å². The van der Waals surface area contributed by atoms with Gasteiger partial charge in [0.1, 0.15) is 24.2 Å². The number of hydrogen-bond donors (Lipinski definition) is 0. The van der Waals surface area contributed by atoms with Gasteiger partial charge in [0.15, 0.2) is 0 Å². The number of methoxy groups -OCH3 is 1. The van der Waals surface area contributed by atoms with Gasteiger partial charge in [-0.1, -0.05) is 19.4 Å². The lowest BCUT2D eigenvalue weighted by Gasteiger charge is -2.23. The van der Waals surface area contributed by atoms with Crippen LogP contribution in [0.25, 0.3) is 0 Å². The van der Waals surface area contributed by atoms with Crippen LogP contribution in [0.4, 0.5) is 0 Å². The molecular weight excluding hydrogens is 268 g/mol. The van der Waals surface area contributed by atoms with Crippen molar-refractivity contribution in [2.24, 2.45) is 0 Å². The Kier molecular flexibility index (Phi) is 5.62. The second kappa shape index (κ2) is 7.46. The molecule has 1 heterocycles. The lowest BCUT2D eigenvalue weighted by Crippen LogP contribution is -2.24. The molecule has 2 atom stereocenters. The van der Waals surface area contributed by atoms with Crippen LogP contribution in [0.1, 0.15) is 56.5 Å². The van der Waals surface area contributed by atoms with Crippen LogP contribution in [0.2, 0.25) is 0 Å². The molecule has 1 saturated carbocycles. The molecule has 1 aliphatic carbocycles. The molecule has 1 fully saturated rings. The standard InChI is InChI=1S/C17H24O4/c1-12(2)17(18)21-15-8-6-4-5-7-14(15)16-10-9-13(20-16)11-19-3/h9-10,14-15H,1,4-8,11H2,2-3H3. The predicted molar refractivity (Wildman–Crippen MR) is 79.9 cm³/mol. The second-order valence-corrected chi connectivity index (χ2v) is 5.71. The van der Waals surface area contributed by atoms with Crippen LogP contribution in [-0.2, 0) is 20.9 Å². The van der Waals surface area contributed by atoms with Gasteiger partial charge in [0, 0.05) is 12.7 Å². The summed E-state index contributed by atoms with van der Waals surface area (Å²) in [6.07, 6.45) is 5.11. The maximum atomic E-state index is 11.8. The predicted octanol–water partition coefficient (Wildman–Crippen LogP) is 3.96. The molecule has 1 aromatic heterocycles. The van der Waals surface area contributed by atoms with Gasteiger partial charge in [-0.3, -0.25) is 0 Å². The molecule has 21 heavy (non-hydrogen) atoms. The van der Waals surface area contributed by atoms with E-state index in [0.717, 1.165) is 37.2 Å². The van der Waals surface area contributed by atoms with Crippen LogP contribution in [0.15, 0.2) is 28.7 Å². The first-order chi connectivity index (χ1) is 10.1. The fraction of sp³-hybridized carbons (Fsp3) is 0.588. The Labute approximate surface area is 126 Å². The Morgan fingerprint density at radius 2 is 2.10 bits per heavy atom. The summed E-state index contributed by atoms with van der Waals surface area (Å²) in [5, 5.41) is 0. The molecule has 2 unspecified atom stereocenters. The van der Waals surface area contributed by atoms with Gasteiger partial charge in [0.2, 0.25) is 0 Å². The van der Waals surface area contributed by atoms with E-state index in [1.165, 1.54) is 6.42 Å². The van der Waals surface area contributed by atoms with Gasteiger partial charge in [0.25, 0.3) is 0 Å². The van der Waals surface area contributed by atoms with Crippen molar-refractivity contribution in [1.29, 1.82) is 0 Å². The van der Waals surface area contributed by atoms with E-state index in [1.54, 1.807) is 14.0 Å². The number of carbonyl (C=O) groups excluding carboxylic acids is 1. The second-order valence-electron chi connectivity index (χ2n) is 5.71. The van der Waals surface area contributed by atoms with Crippen LogP contribution in [0.3, 0.4) is 0 Å². The first kappa shape index (κ1) is 15.8. The molecule has 116 valence electrons. The van der Waals surface area contributed by atoms with E-state index in [1.807, 2.05) is 12.1 Å². The van der Waals surface area contributed by atoms with Gasteiger partial charge in [-0.2, -0.15) is 0 Å². The summed E-state index contributed by atoms with van der Waals surface area (Å²) >= 11 is 0. The fourth-order valence-corrected chi connectivity index (χ4v) is 2.79. The third-order valence-electron chi connectivity index (χ3n) is 3.89. The van der Waals surface area contributed by atoms with Crippen molar-refractivity contribution in [3.05, 3.63) is 35.8 Å². The summed E-state index contributed by atoms with van der Waals surface area (Å²) in [6, 6.07) is 3.91. The van der Waals surface area contributed by atoms with Gasteiger partial charge in [-0.05, 0) is 38.3 Å². The molecule has 0 aliphatic heterocycles. The molecule has 2 rings (SSSR count). The lowest BCUT2D eigenvalue weighted by atomic mass is 9.94. The Morgan fingerprint density at radius 3 is 2.81 bits per heavy atom. The highest BCUT2D eigenvalue weighted by Crippen LogP contribution is 2.35. The van der Waals surface area contributed by atoms with Gasteiger partial charge in [0.05, 0.1) is 5.92 Å². The summed E-state index contributed by atoms with van der Waals surface area (Å²) in [7, 11) is 1.64. The number of carbonyl (C=O) groups is 1. The molecule has 4 heteroatoms. The quantitative estimate of drug-likeness (QED) is 0.468. The van der Waals surface area contributed by atoms with Gasteiger partial charge in [-0.15, -0.1) is 0 Å².